The number of ether oxygens (including phenoxy) is 1. The van der Waals surface area contributed by atoms with Crippen LogP contribution in [0.25, 0.3) is 0 Å². The second-order valence-electron chi connectivity index (χ2n) is 5.11. The van der Waals surface area contributed by atoms with Crippen LogP contribution < -0.4 is 10.5 Å². The van der Waals surface area contributed by atoms with E-state index in [0.29, 0.717) is 5.96 Å². The van der Waals surface area contributed by atoms with Gasteiger partial charge in [0.1, 0.15) is 12.4 Å². The Labute approximate surface area is 148 Å². The summed E-state index contributed by atoms with van der Waals surface area (Å²) in [5, 5.41) is 0. The SMILES string of the molecule is NC(=NCCOc1ccc(S(=O)(=O)C(F)(F)F)cc1)N1CCSCC1. The molecule has 0 saturated carbocycles. The van der Waals surface area contributed by atoms with E-state index in [1.54, 1.807) is 0 Å². The van der Waals surface area contributed by atoms with Crippen LogP contribution in [0.2, 0.25) is 0 Å². The molecule has 1 fully saturated rings. The van der Waals surface area contributed by atoms with Crippen LogP contribution in [0.15, 0.2) is 34.2 Å². The van der Waals surface area contributed by atoms with E-state index in [0.717, 1.165) is 36.7 Å². The summed E-state index contributed by atoms with van der Waals surface area (Å²) >= 11 is 1.86. The number of nitrogens with two attached hydrogens (primary N) is 1. The molecule has 1 aliphatic rings. The maximum Gasteiger partial charge on any atom is 0.501 e. The van der Waals surface area contributed by atoms with Gasteiger partial charge in [0.05, 0.1) is 11.4 Å². The first-order chi connectivity index (χ1) is 11.7. The summed E-state index contributed by atoms with van der Waals surface area (Å²) in [6, 6.07) is 4.07. The van der Waals surface area contributed by atoms with Crippen molar-refractivity contribution in [3.8, 4) is 5.75 Å². The van der Waals surface area contributed by atoms with Crippen LogP contribution in [0.4, 0.5) is 13.2 Å². The largest absolute Gasteiger partial charge is 0.501 e. The van der Waals surface area contributed by atoms with Crippen molar-refractivity contribution in [3.05, 3.63) is 24.3 Å². The molecule has 25 heavy (non-hydrogen) atoms. The number of nitrogens with zero attached hydrogens (tertiary/aromatic N) is 2. The fraction of sp³-hybridized carbons (Fsp3) is 0.500. The van der Waals surface area contributed by atoms with Crippen LogP contribution in [-0.2, 0) is 9.84 Å². The van der Waals surface area contributed by atoms with Crippen molar-refractivity contribution in [2.75, 3.05) is 37.7 Å². The molecule has 0 aliphatic carbocycles. The zero-order chi connectivity index (χ0) is 18.5. The van der Waals surface area contributed by atoms with Crippen LogP contribution in [0.1, 0.15) is 0 Å². The Kier molecular flexibility index (Phi) is 6.44. The zero-order valence-electron chi connectivity index (χ0n) is 13.2. The first-order valence-electron chi connectivity index (χ1n) is 7.38. The summed E-state index contributed by atoms with van der Waals surface area (Å²) in [5.74, 6) is 2.69. The molecule has 1 aromatic carbocycles. The van der Waals surface area contributed by atoms with Crippen LogP contribution in [0, 0.1) is 0 Å². The highest BCUT2D eigenvalue weighted by molar-refractivity contribution is 7.99. The van der Waals surface area contributed by atoms with E-state index in [1.807, 2.05) is 16.7 Å². The number of sulfone groups is 1. The van der Waals surface area contributed by atoms with E-state index >= 15 is 0 Å². The summed E-state index contributed by atoms with van der Waals surface area (Å²) in [4.78, 5) is 5.35. The molecule has 0 unspecified atom stereocenters. The van der Waals surface area contributed by atoms with Gasteiger partial charge in [0, 0.05) is 24.6 Å². The molecule has 1 aliphatic heterocycles. The zero-order valence-corrected chi connectivity index (χ0v) is 14.8. The highest BCUT2D eigenvalue weighted by Gasteiger charge is 2.46. The van der Waals surface area contributed by atoms with E-state index in [9.17, 15) is 21.6 Å². The molecule has 6 nitrogen and oxygen atoms in total. The Bertz CT molecular complexity index is 700. The Morgan fingerprint density at radius 1 is 1.24 bits per heavy atom. The minimum absolute atomic E-state index is 0.175. The van der Waals surface area contributed by atoms with Gasteiger partial charge in [0.2, 0.25) is 0 Å². The fourth-order valence-corrected chi connectivity index (χ4v) is 3.73. The third-order valence-electron chi connectivity index (χ3n) is 3.41. The van der Waals surface area contributed by atoms with E-state index in [1.165, 1.54) is 12.1 Å². The number of thioether (sulfide) groups is 1. The molecule has 0 atom stereocenters. The van der Waals surface area contributed by atoms with Crippen LogP contribution >= 0.6 is 11.8 Å². The maximum atomic E-state index is 12.4. The molecular formula is C14H18F3N3O3S2. The number of alkyl halides is 3. The lowest BCUT2D eigenvalue weighted by atomic mass is 10.3. The number of halogens is 3. The lowest BCUT2D eigenvalue weighted by molar-refractivity contribution is -0.0436. The minimum Gasteiger partial charge on any atom is -0.492 e. The lowest BCUT2D eigenvalue weighted by Gasteiger charge is -2.27. The van der Waals surface area contributed by atoms with Crippen LogP contribution in [0.5, 0.6) is 5.75 Å². The summed E-state index contributed by atoms with van der Waals surface area (Å²) in [5.41, 5.74) is 0.549. The fourth-order valence-electron chi connectivity index (χ4n) is 2.06. The average Bonchev–Trinajstić information content (AvgIpc) is 2.58. The molecule has 0 radical (unpaired) electrons. The first kappa shape index (κ1) is 19.7. The van der Waals surface area contributed by atoms with Crippen molar-refractivity contribution in [2.45, 2.75) is 10.4 Å². The van der Waals surface area contributed by atoms with Crippen LogP contribution in [-0.4, -0.2) is 62.5 Å². The van der Waals surface area contributed by atoms with Crippen molar-refractivity contribution in [2.24, 2.45) is 10.7 Å². The van der Waals surface area contributed by atoms with E-state index in [-0.39, 0.29) is 18.9 Å². The normalized spacial score (nSPS) is 16.8. The Morgan fingerprint density at radius 3 is 2.40 bits per heavy atom. The third kappa shape index (κ3) is 5.18. The van der Waals surface area contributed by atoms with Gasteiger partial charge in [0.15, 0.2) is 5.96 Å². The molecule has 0 aromatic heterocycles. The highest BCUT2D eigenvalue weighted by Crippen LogP contribution is 2.30. The standard InChI is InChI=1S/C14H18F3N3O3S2/c15-14(16,17)25(21,22)12-3-1-11(2-4-12)23-8-5-19-13(18)20-6-9-24-10-7-20/h1-4H,5-10H2,(H2,18,19). The van der Waals surface area contributed by atoms with Gasteiger partial charge < -0.3 is 15.4 Å². The van der Waals surface area contributed by atoms with Gasteiger partial charge >= 0.3 is 5.51 Å². The van der Waals surface area contributed by atoms with Gasteiger partial charge in [-0.25, -0.2) is 13.4 Å². The van der Waals surface area contributed by atoms with E-state index in [4.69, 9.17) is 10.5 Å². The predicted molar refractivity (Wildman–Crippen MR) is 90.6 cm³/mol. The van der Waals surface area contributed by atoms with Gasteiger partial charge in [-0.05, 0) is 24.3 Å². The Morgan fingerprint density at radius 2 is 1.84 bits per heavy atom. The molecule has 0 spiro atoms. The van der Waals surface area contributed by atoms with Gasteiger partial charge in [0.25, 0.3) is 9.84 Å². The summed E-state index contributed by atoms with van der Waals surface area (Å²) in [6.45, 7) is 2.15. The smallest absolute Gasteiger partial charge is 0.492 e. The van der Waals surface area contributed by atoms with E-state index in [2.05, 4.69) is 4.99 Å². The number of guanidine groups is 1. The van der Waals surface area contributed by atoms with Gasteiger partial charge in [-0.15, -0.1) is 0 Å². The second kappa shape index (κ2) is 8.17. The third-order valence-corrected chi connectivity index (χ3v) is 5.85. The Balaban J connectivity index is 1.86. The Hall–Kier alpha value is -1.62. The quantitative estimate of drug-likeness (QED) is 0.463. The first-order valence-corrected chi connectivity index (χ1v) is 10.0. The predicted octanol–water partition coefficient (Wildman–Crippen LogP) is 1.72. The molecule has 2 rings (SSSR count). The molecule has 2 N–H and O–H groups in total. The highest BCUT2D eigenvalue weighted by atomic mass is 32.2. The maximum absolute atomic E-state index is 12.4. The summed E-state index contributed by atoms with van der Waals surface area (Å²) in [6.07, 6.45) is 0. The summed E-state index contributed by atoms with van der Waals surface area (Å²) < 4.78 is 65.2. The van der Waals surface area contributed by atoms with Crippen molar-refractivity contribution in [3.63, 3.8) is 0 Å². The molecule has 1 heterocycles. The monoisotopic (exact) mass is 397 g/mol. The molecule has 1 saturated heterocycles. The van der Waals surface area contributed by atoms with Crippen molar-refractivity contribution >= 4 is 27.6 Å². The summed E-state index contributed by atoms with van der Waals surface area (Å²) in [7, 11) is -5.34. The number of aliphatic imine (C=N–C) groups is 1. The van der Waals surface area contributed by atoms with Crippen molar-refractivity contribution in [1.29, 1.82) is 0 Å². The molecule has 0 amide bonds. The van der Waals surface area contributed by atoms with Gasteiger partial charge in [-0.1, -0.05) is 0 Å². The number of benzene rings is 1. The second-order valence-corrected chi connectivity index (χ2v) is 8.27. The van der Waals surface area contributed by atoms with Gasteiger partial charge in [-0.3, -0.25) is 0 Å². The topological polar surface area (TPSA) is 85.0 Å². The molecular weight excluding hydrogens is 379 g/mol. The van der Waals surface area contributed by atoms with Gasteiger partial charge in [-0.2, -0.15) is 24.9 Å². The number of hydrogen-bond donors (Lipinski definition) is 1. The lowest BCUT2D eigenvalue weighted by Crippen LogP contribution is -2.42. The molecule has 11 heteroatoms. The molecule has 140 valence electrons. The average molecular weight is 397 g/mol. The van der Waals surface area contributed by atoms with Crippen molar-refractivity contribution in [1.82, 2.24) is 4.90 Å². The number of rotatable bonds is 5. The minimum atomic E-state index is -5.34. The van der Waals surface area contributed by atoms with Crippen molar-refractivity contribution < 1.29 is 26.3 Å². The number of hydrogen-bond acceptors (Lipinski definition) is 5. The molecule has 1 aromatic rings. The van der Waals surface area contributed by atoms with E-state index < -0.39 is 20.2 Å². The molecule has 0 bridgehead atoms. The van der Waals surface area contributed by atoms with Crippen LogP contribution in [0.3, 0.4) is 0 Å².